The normalized spacial score (nSPS) is 16.0. The summed E-state index contributed by atoms with van der Waals surface area (Å²) in [5, 5.41) is 0. The average Bonchev–Trinajstić information content (AvgIpc) is 3.27. The van der Waals surface area contributed by atoms with Crippen LogP contribution < -0.4 is 4.90 Å². The Bertz CT molecular complexity index is 1180. The Hall–Kier alpha value is -2.84. The average molecular weight is 445 g/mol. The summed E-state index contributed by atoms with van der Waals surface area (Å²) in [6, 6.07) is 15.6. The van der Waals surface area contributed by atoms with Gasteiger partial charge in [0.05, 0.1) is 16.2 Å². The number of carbonyl (C=O) groups excluding carboxylic acids is 1. The molecule has 0 N–H and O–H groups in total. The van der Waals surface area contributed by atoms with Gasteiger partial charge in [0.2, 0.25) is 0 Å². The van der Waals surface area contributed by atoms with Crippen molar-refractivity contribution in [3.63, 3.8) is 0 Å². The van der Waals surface area contributed by atoms with Crippen molar-refractivity contribution in [2.75, 3.05) is 4.90 Å². The monoisotopic (exact) mass is 445 g/mol. The maximum Gasteiger partial charge on any atom is 0.417 e. The summed E-state index contributed by atoms with van der Waals surface area (Å²) in [6.07, 6.45) is -3.00. The number of furan rings is 1. The lowest BCUT2D eigenvalue weighted by Gasteiger charge is -2.16. The minimum absolute atomic E-state index is 0.0582. The minimum atomic E-state index is -4.50. The number of hydrogen-bond acceptors (Lipinski definition) is 4. The van der Waals surface area contributed by atoms with E-state index in [1.807, 2.05) is 31.2 Å². The van der Waals surface area contributed by atoms with E-state index in [0.717, 1.165) is 23.4 Å². The molecule has 2 heterocycles. The van der Waals surface area contributed by atoms with E-state index in [-0.39, 0.29) is 23.0 Å². The van der Waals surface area contributed by atoms with Crippen LogP contribution in [0, 0.1) is 6.92 Å². The predicted molar refractivity (Wildman–Crippen MR) is 116 cm³/mol. The second kappa shape index (κ2) is 7.77. The van der Waals surface area contributed by atoms with E-state index in [9.17, 15) is 18.0 Å². The molecule has 1 fully saturated rings. The lowest BCUT2D eigenvalue weighted by Crippen LogP contribution is -2.28. The molecule has 3 aromatic rings. The molecule has 0 aliphatic carbocycles. The molecule has 0 saturated carbocycles. The zero-order chi connectivity index (χ0) is 21.5. The number of aryl methyl sites for hydroxylation is 1. The van der Waals surface area contributed by atoms with Gasteiger partial charge in [0.15, 0.2) is 4.32 Å². The highest BCUT2D eigenvalue weighted by molar-refractivity contribution is 8.27. The van der Waals surface area contributed by atoms with E-state index in [1.54, 1.807) is 0 Å². The van der Waals surface area contributed by atoms with Gasteiger partial charge in [-0.3, -0.25) is 9.69 Å². The number of carbonyl (C=O) groups is 1. The number of amides is 1. The molecule has 0 radical (unpaired) electrons. The largest absolute Gasteiger partial charge is 0.457 e. The van der Waals surface area contributed by atoms with Gasteiger partial charge in [0.1, 0.15) is 11.5 Å². The number of rotatable bonds is 3. The number of anilines is 1. The van der Waals surface area contributed by atoms with E-state index < -0.39 is 11.7 Å². The Balaban J connectivity index is 1.66. The van der Waals surface area contributed by atoms with Gasteiger partial charge < -0.3 is 4.42 Å². The first-order valence-electron chi connectivity index (χ1n) is 8.86. The second-order valence-electron chi connectivity index (χ2n) is 6.55. The van der Waals surface area contributed by atoms with Crippen LogP contribution in [0.3, 0.4) is 0 Å². The van der Waals surface area contributed by atoms with Crippen molar-refractivity contribution in [2.45, 2.75) is 13.1 Å². The molecule has 1 aromatic heterocycles. The molecule has 152 valence electrons. The third-order valence-corrected chi connectivity index (χ3v) is 5.85. The molecule has 0 bridgehead atoms. The Morgan fingerprint density at radius 3 is 2.47 bits per heavy atom. The summed E-state index contributed by atoms with van der Waals surface area (Å²) in [5.41, 5.74) is 0.760. The molecule has 1 aliphatic rings. The van der Waals surface area contributed by atoms with Gasteiger partial charge in [0, 0.05) is 11.6 Å². The molecule has 1 aliphatic heterocycles. The molecule has 1 saturated heterocycles. The molecule has 0 unspecified atom stereocenters. The number of halogens is 3. The first-order valence-corrected chi connectivity index (χ1v) is 10.1. The van der Waals surface area contributed by atoms with Crippen LogP contribution in [0.15, 0.2) is 70.0 Å². The van der Waals surface area contributed by atoms with Crippen molar-refractivity contribution < 1.29 is 22.4 Å². The van der Waals surface area contributed by atoms with Crippen molar-refractivity contribution >= 4 is 46.0 Å². The summed E-state index contributed by atoms with van der Waals surface area (Å²) in [4.78, 5) is 14.7. The van der Waals surface area contributed by atoms with Gasteiger partial charge in [-0.1, -0.05) is 60.4 Å². The van der Waals surface area contributed by atoms with Gasteiger partial charge in [0.25, 0.3) is 5.91 Å². The summed E-state index contributed by atoms with van der Waals surface area (Å²) < 4.78 is 45.8. The quantitative estimate of drug-likeness (QED) is 0.333. The number of thiocarbonyl (C=S) groups is 1. The molecule has 0 atom stereocenters. The topological polar surface area (TPSA) is 33.5 Å². The van der Waals surface area contributed by atoms with Crippen molar-refractivity contribution in [3.8, 4) is 11.3 Å². The molecule has 1 amide bonds. The zero-order valence-corrected chi connectivity index (χ0v) is 17.2. The van der Waals surface area contributed by atoms with Crippen LogP contribution in [-0.2, 0) is 11.0 Å². The molecule has 30 heavy (non-hydrogen) atoms. The summed E-state index contributed by atoms with van der Waals surface area (Å²) in [6.45, 7) is 1.88. The summed E-state index contributed by atoms with van der Waals surface area (Å²) in [7, 11) is 0. The second-order valence-corrected chi connectivity index (χ2v) is 8.22. The van der Waals surface area contributed by atoms with E-state index in [2.05, 4.69) is 0 Å². The van der Waals surface area contributed by atoms with Crippen molar-refractivity contribution in [2.24, 2.45) is 0 Å². The van der Waals surface area contributed by atoms with Gasteiger partial charge in [-0.15, -0.1) is 0 Å². The highest BCUT2D eigenvalue weighted by Crippen LogP contribution is 2.39. The van der Waals surface area contributed by atoms with Crippen molar-refractivity contribution in [1.29, 1.82) is 0 Å². The number of thioether (sulfide) groups is 1. The van der Waals surface area contributed by atoms with Gasteiger partial charge in [-0.2, -0.15) is 13.2 Å². The molecule has 8 heteroatoms. The van der Waals surface area contributed by atoms with Crippen LogP contribution in [0.5, 0.6) is 0 Å². The number of hydrogen-bond donors (Lipinski definition) is 0. The van der Waals surface area contributed by atoms with Crippen LogP contribution in [0.25, 0.3) is 17.4 Å². The van der Waals surface area contributed by atoms with Crippen LogP contribution in [-0.4, -0.2) is 10.2 Å². The fraction of sp³-hybridized carbons (Fsp3) is 0.0909. The van der Waals surface area contributed by atoms with E-state index in [0.29, 0.717) is 14.9 Å². The van der Waals surface area contributed by atoms with Crippen molar-refractivity contribution in [1.82, 2.24) is 0 Å². The fourth-order valence-corrected chi connectivity index (χ4v) is 4.40. The Morgan fingerprint density at radius 1 is 1.03 bits per heavy atom. The molecular formula is C22H14F3NO2S2. The number of nitrogens with zero attached hydrogens (tertiary/aromatic N) is 1. The predicted octanol–water partition coefficient (Wildman–Crippen LogP) is 6.68. The van der Waals surface area contributed by atoms with Crippen molar-refractivity contribution in [3.05, 3.63) is 82.5 Å². The lowest BCUT2D eigenvalue weighted by molar-refractivity contribution is -0.137. The molecule has 0 spiro atoms. The van der Waals surface area contributed by atoms with E-state index >= 15 is 0 Å². The number of benzene rings is 2. The van der Waals surface area contributed by atoms with Crippen LogP contribution in [0.2, 0.25) is 0 Å². The van der Waals surface area contributed by atoms with E-state index in [1.165, 1.54) is 41.3 Å². The first kappa shape index (κ1) is 20.4. The van der Waals surface area contributed by atoms with Crippen LogP contribution in [0.1, 0.15) is 16.9 Å². The van der Waals surface area contributed by atoms with Gasteiger partial charge >= 0.3 is 6.18 Å². The zero-order valence-electron chi connectivity index (χ0n) is 15.6. The lowest BCUT2D eigenvalue weighted by atomic mass is 10.1. The Kier molecular flexibility index (Phi) is 5.29. The SMILES string of the molecule is Cc1ccccc1N1C(=O)/C(=C\c2ccc(-c3ccccc3C(F)(F)F)o2)SC1=S. The smallest absolute Gasteiger partial charge is 0.417 e. The maximum atomic E-state index is 13.3. The summed E-state index contributed by atoms with van der Waals surface area (Å²) >= 11 is 6.49. The third kappa shape index (κ3) is 3.80. The molecule has 4 rings (SSSR count). The van der Waals surface area contributed by atoms with Crippen LogP contribution in [0.4, 0.5) is 18.9 Å². The molecular weight excluding hydrogens is 431 g/mol. The molecule has 3 nitrogen and oxygen atoms in total. The summed E-state index contributed by atoms with van der Waals surface area (Å²) in [5.74, 6) is 0.0451. The third-order valence-electron chi connectivity index (χ3n) is 4.55. The highest BCUT2D eigenvalue weighted by atomic mass is 32.2. The first-order chi connectivity index (χ1) is 14.3. The number of alkyl halides is 3. The van der Waals surface area contributed by atoms with Gasteiger partial charge in [-0.05, 0) is 36.8 Å². The fourth-order valence-electron chi connectivity index (χ4n) is 3.14. The van der Waals surface area contributed by atoms with Crippen LogP contribution >= 0.6 is 24.0 Å². The minimum Gasteiger partial charge on any atom is -0.457 e. The van der Waals surface area contributed by atoms with Gasteiger partial charge in [-0.25, -0.2) is 0 Å². The highest BCUT2D eigenvalue weighted by Gasteiger charge is 2.35. The molecule has 2 aromatic carbocycles. The standard InChI is InChI=1S/C22H14F3NO2S2/c1-13-6-2-5-9-17(13)26-20(27)19(30-21(26)29)12-14-10-11-18(28-14)15-7-3-4-8-16(15)22(23,24)25/h2-12H,1H3/b19-12+. The van der Waals surface area contributed by atoms with E-state index in [4.69, 9.17) is 16.6 Å². The maximum absolute atomic E-state index is 13.3. The number of para-hydroxylation sites is 1. The Labute approximate surface area is 180 Å². The Morgan fingerprint density at radius 2 is 1.73 bits per heavy atom.